The molecule has 198 valence electrons. The van der Waals surface area contributed by atoms with Crippen molar-refractivity contribution in [2.24, 2.45) is 5.92 Å². The van der Waals surface area contributed by atoms with Crippen LogP contribution in [0.5, 0.6) is 5.75 Å². The predicted molar refractivity (Wildman–Crippen MR) is 142 cm³/mol. The monoisotopic (exact) mass is 508 g/mol. The second kappa shape index (κ2) is 12.7. The predicted octanol–water partition coefficient (Wildman–Crippen LogP) is 2.51. The normalized spacial score (nSPS) is 18.1. The standard InChI is InChI=1S/C28H36N4O5/c1-20-4-5-21(2)25(16-20)30-26(33)19-37-24-8-6-23(7-9-24)32-18-22(17-27(32)34)28(35)29-10-3-11-31-12-14-36-15-13-31/h4-9,16,22H,3,10-15,17-19H2,1-2H3,(H,29,35)(H,30,33)/t22-/m1/s1. The molecule has 0 spiro atoms. The molecule has 37 heavy (non-hydrogen) atoms. The molecule has 2 fully saturated rings. The van der Waals surface area contributed by atoms with E-state index in [1.54, 1.807) is 29.2 Å². The number of nitrogens with one attached hydrogen (secondary N) is 2. The van der Waals surface area contributed by atoms with Gasteiger partial charge in [-0.05, 0) is 68.3 Å². The Balaban J connectivity index is 1.20. The summed E-state index contributed by atoms with van der Waals surface area (Å²) in [4.78, 5) is 41.5. The van der Waals surface area contributed by atoms with Crippen LogP contribution in [0.3, 0.4) is 0 Å². The van der Waals surface area contributed by atoms with Crippen molar-refractivity contribution in [1.29, 1.82) is 0 Å². The number of anilines is 2. The lowest BCUT2D eigenvalue weighted by molar-refractivity contribution is -0.126. The number of rotatable bonds is 10. The number of carbonyl (C=O) groups excluding carboxylic acids is 3. The Labute approximate surface area is 218 Å². The average Bonchev–Trinajstić information content (AvgIpc) is 3.30. The molecular weight excluding hydrogens is 472 g/mol. The first kappa shape index (κ1) is 26.6. The number of nitrogens with zero attached hydrogens (tertiary/aromatic N) is 2. The first-order chi connectivity index (χ1) is 17.9. The highest BCUT2D eigenvalue weighted by Crippen LogP contribution is 2.27. The maximum Gasteiger partial charge on any atom is 0.262 e. The van der Waals surface area contributed by atoms with Gasteiger partial charge in [0, 0.05) is 44.0 Å². The number of hydrogen-bond donors (Lipinski definition) is 2. The van der Waals surface area contributed by atoms with E-state index in [0.717, 1.165) is 56.1 Å². The summed E-state index contributed by atoms with van der Waals surface area (Å²) < 4.78 is 11.0. The zero-order chi connectivity index (χ0) is 26.2. The van der Waals surface area contributed by atoms with Crippen molar-refractivity contribution in [1.82, 2.24) is 10.2 Å². The van der Waals surface area contributed by atoms with Gasteiger partial charge < -0.3 is 25.0 Å². The molecule has 4 rings (SSSR count). The Hall–Kier alpha value is -3.43. The van der Waals surface area contributed by atoms with Crippen LogP contribution in [0.25, 0.3) is 0 Å². The second-order valence-electron chi connectivity index (χ2n) is 9.65. The van der Waals surface area contributed by atoms with Crippen molar-refractivity contribution in [3.05, 3.63) is 53.6 Å². The number of amides is 3. The molecule has 0 unspecified atom stereocenters. The molecule has 2 aromatic carbocycles. The Morgan fingerprint density at radius 3 is 2.59 bits per heavy atom. The van der Waals surface area contributed by atoms with Gasteiger partial charge >= 0.3 is 0 Å². The van der Waals surface area contributed by atoms with Crippen LogP contribution >= 0.6 is 0 Å². The van der Waals surface area contributed by atoms with E-state index in [-0.39, 0.29) is 36.7 Å². The third kappa shape index (κ3) is 7.53. The maximum absolute atomic E-state index is 12.6. The largest absolute Gasteiger partial charge is 0.484 e. The molecule has 2 heterocycles. The minimum Gasteiger partial charge on any atom is -0.484 e. The van der Waals surface area contributed by atoms with Crippen molar-refractivity contribution in [2.45, 2.75) is 26.7 Å². The van der Waals surface area contributed by atoms with E-state index in [2.05, 4.69) is 15.5 Å². The minimum atomic E-state index is -0.361. The Morgan fingerprint density at radius 1 is 1.08 bits per heavy atom. The van der Waals surface area contributed by atoms with Crippen LogP contribution in [0, 0.1) is 19.8 Å². The topological polar surface area (TPSA) is 100 Å². The van der Waals surface area contributed by atoms with E-state index in [1.165, 1.54) is 0 Å². The molecule has 2 aliphatic heterocycles. The molecular formula is C28H36N4O5. The molecule has 2 aromatic rings. The summed E-state index contributed by atoms with van der Waals surface area (Å²) in [5.74, 6) is -0.226. The summed E-state index contributed by atoms with van der Waals surface area (Å²) in [5, 5.41) is 5.85. The smallest absolute Gasteiger partial charge is 0.262 e. The van der Waals surface area contributed by atoms with Gasteiger partial charge in [0.1, 0.15) is 5.75 Å². The van der Waals surface area contributed by atoms with Crippen molar-refractivity contribution < 1.29 is 23.9 Å². The second-order valence-corrected chi connectivity index (χ2v) is 9.65. The van der Waals surface area contributed by atoms with Gasteiger partial charge in [-0.15, -0.1) is 0 Å². The lowest BCUT2D eigenvalue weighted by atomic mass is 10.1. The number of aryl methyl sites for hydroxylation is 2. The van der Waals surface area contributed by atoms with Gasteiger partial charge in [0.15, 0.2) is 6.61 Å². The quantitative estimate of drug-likeness (QED) is 0.479. The van der Waals surface area contributed by atoms with E-state index in [4.69, 9.17) is 9.47 Å². The number of morpholine rings is 1. The van der Waals surface area contributed by atoms with Crippen molar-refractivity contribution >= 4 is 29.1 Å². The molecule has 0 aliphatic carbocycles. The summed E-state index contributed by atoms with van der Waals surface area (Å²) in [6.07, 6.45) is 1.08. The van der Waals surface area contributed by atoms with Gasteiger partial charge in [-0.2, -0.15) is 0 Å². The van der Waals surface area contributed by atoms with Crippen LogP contribution < -0.4 is 20.3 Å². The molecule has 1 atom stereocenters. The summed E-state index contributed by atoms with van der Waals surface area (Å²) in [6, 6.07) is 12.9. The third-order valence-corrected chi connectivity index (χ3v) is 6.74. The lowest BCUT2D eigenvalue weighted by Crippen LogP contribution is -2.39. The Bertz CT molecular complexity index is 1100. The molecule has 9 heteroatoms. The molecule has 0 aromatic heterocycles. The van der Waals surface area contributed by atoms with E-state index < -0.39 is 0 Å². The third-order valence-electron chi connectivity index (χ3n) is 6.74. The molecule has 0 radical (unpaired) electrons. The van der Waals surface area contributed by atoms with Crippen LogP contribution in [-0.2, 0) is 19.1 Å². The van der Waals surface area contributed by atoms with Crippen LogP contribution in [0.15, 0.2) is 42.5 Å². The van der Waals surface area contributed by atoms with E-state index in [9.17, 15) is 14.4 Å². The number of ether oxygens (including phenoxy) is 2. The average molecular weight is 509 g/mol. The highest BCUT2D eigenvalue weighted by atomic mass is 16.5. The molecule has 2 N–H and O–H groups in total. The van der Waals surface area contributed by atoms with Crippen LogP contribution in [0.2, 0.25) is 0 Å². The summed E-state index contributed by atoms with van der Waals surface area (Å²) >= 11 is 0. The SMILES string of the molecule is Cc1ccc(C)c(NC(=O)COc2ccc(N3C[C@H](C(=O)NCCCN4CCOCC4)CC3=O)cc2)c1. The van der Waals surface area contributed by atoms with E-state index in [1.807, 2.05) is 32.0 Å². The van der Waals surface area contributed by atoms with Crippen molar-refractivity contribution in [2.75, 3.05) is 62.8 Å². The van der Waals surface area contributed by atoms with Crippen LogP contribution in [0.4, 0.5) is 11.4 Å². The molecule has 2 aliphatic rings. The number of hydrogen-bond acceptors (Lipinski definition) is 6. The molecule has 0 saturated carbocycles. The summed E-state index contributed by atoms with van der Waals surface area (Å²) in [7, 11) is 0. The van der Waals surface area contributed by atoms with E-state index in [0.29, 0.717) is 24.5 Å². The Morgan fingerprint density at radius 2 is 1.84 bits per heavy atom. The molecule has 0 bridgehead atoms. The van der Waals surface area contributed by atoms with Gasteiger partial charge in [0.25, 0.3) is 5.91 Å². The first-order valence-electron chi connectivity index (χ1n) is 12.9. The maximum atomic E-state index is 12.6. The molecule has 3 amide bonds. The van der Waals surface area contributed by atoms with Gasteiger partial charge in [-0.25, -0.2) is 0 Å². The summed E-state index contributed by atoms with van der Waals surface area (Å²) in [5.41, 5.74) is 3.53. The fourth-order valence-corrected chi connectivity index (χ4v) is 4.54. The van der Waals surface area contributed by atoms with Crippen molar-refractivity contribution in [3.63, 3.8) is 0 Å². The summed E-state index contributed by atoms with van der Waals surface area (Å²) in [6.45, 7) is 9.08. The fraction of sp³-hybridized carbons (Fsp3) is 0.464. The lowest BCUT2D eigenvalue weighted by Gasteiger charge is -2.26. The van der Waals surface area contributed by atoms with E-state index >= 15 is 0 Å². The van der Waals surface area contributed by atoms with Gasteiger partial charge in [-0.1, -0.05) is 12.1 Å². The van der Waals surface area contributed by atoms with Gasteiger partial charge in [-0.3, -0.25) is 19.3 Å². The first-order valence-corrected chi connectivity index (χ1v) is 12.9. The number of carbonyl (C=O) groups is 3. The highest BCUT2D eigenvalue weighted by molar-refractivity contribution is 6.00. The van der Waals surface area contributed by atoms with Gasteiger partial charge in [0.05, 0.1) is 19.1 Å². The van der Waals surface area contributed by atoms with Gasteiger partial charge in [0.2, 0.25) is 11.8 Å². The van der Waals surface area contributed by atoms with Crippen LogP contribution in [0.1, 0.15) is 24.0 Å². The highest BCUT2D eigenvalue weighted by Gasteiger charge is 2.35. The Kier molecular flexibility index (Phi) is 9.14. The molecule has 9 nitrogen and oxygen atoms in total. The molecule has 2 saturated heterocycles. The van der Waals surface area contributed by atoms with Crippen LogP contribution in [-0.4, -0.2) is 75.2 Å². The van der Waals surface area contributed by atoms with Crippen molar-refractivity contribution in [3.8, 4) is 5.75 Å². The number of benzene rings is 2. The minimum absolute atomic E-state index is 0.0740. The fourth-order valence-electron chi connectivity index (χ4n) is 4.54. The zero-order valence-corrected chi connectivity index (χ0v) is 21.6. The zero-order valence-electron chi connectivity index (χ0n) is 21.6.